The molecule has 0 aliphatic heterocycles. The van der Waals surface area contributed by atoms with E-state index in [0.29, 0.717) is 36.8 Å². The molecule has 2 aromatic heterocycles. The van der Waals surface area contributed by atoms with Crippen molar-refractivity contribution in [3.63, 3.8) is 0 Å². The van der Waals surface area contributed by atoms with E-state index in [1.165, 1.54) is 4.88 Å². The van der Waals surface area contributed by atoms with E-state index in [2.05, 4.69) is 21.3 Å². The first kappa shape index (κ1) is 21.8. The molecule has 0 radical (unpaired) electrons. The van der Waals surface area contributed by atoms with Crippen LogP contribution in [0.2, 0.25) is 0 Å². The van der Waals surface area contributed by atoms with Crippen molar-refractivity contribution < 1.29 is 14.3 Å². The number of hydrogen-bond acceptors (Lipinski definition) is 6. The maximum atomic E-state index is 12.8. The van der Waals surface area contributed by atoms with Crippen LogP contribution in [0.3, 0.4) is 0 Å². The van der Waals surface area contributed by atoms with Crippen LogP contribution in [0, 0.1) is 0 Å². The van der Waals surface area contributed by atoms with Crippen LogP contribution in [0.5, 0.6) is 11.5 Å². The Kier molecular flexibility index (Phi) is 7.82. The summed E-state index contributed by atoms with van der Waals surface area (Å²) in [6.07, 6.45) is 3.48. The van der Waals surface area contributed by atoms with Gasteiger partial charge in [-0.1, -0.05) is 12.1 Å². The van der Waals surface area contributed by atoms with E-state index < -0.39 is 0 Å². The van der Waals surface area contributed by atoms with Crippen LogP contribution >= 0.6 is 11.3 Å². The third-order valence-corrected chi connectivity index (χ3v) is 5.55. The first-order valence-corrected chi connectivity index (χ1v) is 10.7. The lowest BCUT2D eigenvalue weighted by Gasteiger charge is -2.23. The van der Waals surface area contributed by atoms with Crippen LogP contribution < -0.4 is 14.8 Å². The molecule has 2 heterocycles. The number of pyridine rings is 1. The second-order valence-electron chi connectivity index (χ2n) is 6.95. The summed E-state index contributed by atoms with van der Waals surface area (Å²) in [5, 5.41) is 5.08. The van der Waals surface area contributed by atoms with Gasteiger partial charge in [0.15, 0.2) is 11.5 Å². The Morgan fingerprint density at radius 2 is 2.03 bits per heavy atom. The van der Waals surface area contributed by atoms with Gasteiger partial charge in [-0.3, -0.25) is 9.78 Å². The maximum Gasteiger partial charge on any atom is 0.251 e. The molecule has 7 heteroatoms. The van der Waals surface area contributed by atoms with E-state index in [9.17, 15) is 4.79 Å². The van der Waals surface area contributed by atoms with Gasteiger partial charge in [0.1, 0.15) is 6.61 Å². The summed E-state index contributed by atoms with van der Waals surface area (Å²) in [4.78, 5) is 20.2. The van der Waals surface area contributed by atoms with Crippen molar-refractivity contribution in [1.82, 2.24) is 15.2 Å². The largest absolute Gasteiger partial charge is 0.490 e. The summed E-state index contributed by atoms with van der Waals surface area (Å²) in [5.74, 6) is 1.01. The second-order valence-corrected chi connectivity index (χ2v) is 7.93. The standard InChI is InChI=1S/C23H27N3O3S/c1-4-28-21-13-18(9-10-20(21)29-16-17-7-5-11-24-14-17)23(27)25-15-19(26(2)3)22-8-6-12-30-22/h5-14,19H,4,15-16H2,1-3H3,(H,25,27). The number of carbonyl (C=O) groups excluding carboxylic acids is 1. The van der Waals surface area contributed by atoms with Gasteiger partial charge in [-0.15, -0.1) is 11.3 Å². The van der Waals surface area contributed by atoms with Crippen molar-refractivity contribution in [3.05, 3.63) is 76.2 Å². The Labute approximate surface area is 181 Å². The van der Waals surface area contributed by atoms with Gasteiger partial charge < -0.3 is 19.7 Å². The quantitative estimate of drug-likeness (QED) is 0.529. The maximum absolute atomic E-state index is 12.8. The molecular weight excluding hydrogens is 398 g/mol. The molecule has 0 aliphatic carbocycles. The summed E-state index contributed by atoms with van der Waals surface area (Å²) in [6.45, 7) is 3.29. The van der Waals surface area contributed by atoms with E-state index in [1.54, 1.807) is 41.9 Å². The molecule has 158 valence electrons. The molecule has 1 aromatic carbocycles. The summed E-state index contributed by atoms with van der Waals surface area (Å²) in [6, 6.07) is 13.3. The lowest BCUT2D eigenvalue weighted by atomic mass is 10.1. The van der Waals surface area contributed by atoms with Crippen LogP contribution in [0.25, 0.3) is 0 Å². The molecule has 0 spiro atoms. The predicted molar refractivity (Wildman–Crippen MR) is 119 cm³/mol. The molecular formula is C23H27N3O3S. The molecule has 0 bridgehead atoms. The average molecular weight is 426 g/mol. The van der Waals surface area contributed by atoms with Crippen molar-refractivity contribution in [2.24, 2.45) is 0 Å². The molecule has 0 saturated heterocycles. The van der Waals surface area contributed by atoms with Crippen LogP contribution in [-0.2, 0) is 6.61 Å². The lowest BCUT2D eigenvalue weighted by Crippen LogP contribution is -2.34. The summed E-state index contributed by atoms with van der Waals surface area (Å²) in [7, 11) is 4.02. The SMILES string of the molecule is CCOc1cc(C(=O)NCC(c2cccs2)N(C)C)ccc1OCc1cccnc1. The monoisotopic (exact) mass is 425 g/mol. The van der Waals surface area contributed by atoms with E-state index in [1.807, 2.05) is 44.6 Å². The molecule has 0 fully saturated rings. The number of rotatable bonds is 10. The molecule has 0 aliphatic rings. The van der Waals surface area contributed by atoms with Crippen LogP contribution in [0.4, 0.5) is 0 Å². The number of aromatic nitrogens is 1. The van der Waals surface area contributed by atoms with E-state index in [0.717, 1.165) is 5.56 Å². The minimum Gasteiger partial charge on any atom is -0.490 e. The van der Waals surface area contributed by atoms with Crippen molar-refractivity contribution >= 4 is 17.2 Å². The number of carbonyl (C=O) groups is 1. The summed E-state index contributed by atoms with van der Waals surface area (Å²) in [5.41, 5.74) is 1.50. The van der Waals surface area contributed by atoms with Crippen LogP contribution in [0.15, 0.2) is 60.2 Å². The number of nitrogens with zero attached hydrogens (tertiary/aromatic N) is 2. The number of ether oxygens (including phenoxy) is 2. The topological polar surface area (TPSA) is 63.7 Å². The van der Waals surface area contributed by atoms with Gasteiger partial charge in [-0.25, -0.2) is 0 Å². The van der Waals surface area contributed by atoms with Gasteiger partial charge in [-0.2, -0.15) is 0 Å². The summed E-state index contributed by atoms with van der Waals surface area (Å²) < 4.78 is 11.6. The highest BCUT2D eigenvalue weighted by Gasteiger charge is 2.18. The minimum atomic E-state index is -0.141. The second kappa shape index (κ2) is 10.8. The molecule has 1 atom stereocenters. The van der Waals surface area contributed by atoms with Gasteiger partial charge in [0.05, 0.1) is 12.6 Å². The number of nitrogens with one attached hydrogen (secondary N) is 1. The average Bonchev–Trinajstić information content (AvgIpc) is 3.28. The molecule has 6 nitrogen and oxygen atoms in total. The first-order valence-electron chi connectivity index (χ1n) is 9.85. The smallest absolute Gasteiger partial charge is 0.251 e. The first-order chi connectivity index (χ1) is 14.6. The van der Waals surface area contributed by atoms with Gasteiger partial charge in [0.2, 0.25) is 0 Å². The Balaban J connectivity index is 1.67. The van der Waals surface area contributed by atoms with E-state index in [4.69, 9.17) is 9.47 Å². The van der Waals surface area contributed by atoms with Gasteiger partial charge >= 0.3 is 0 Å². The Bertz CT molecular complexity index is 930. The molecule has 3 aromatic rings. The highest BCUT2D eigenvalue weighted by molar-refractivity contribution is 7.10. The highest BCUT2D eigenvalue weighted by Crippen LogP contribution is 2.29. The fourth-order valence-corrected chi connectivity index (χ4v) is 3.91. The third-order valence-electron chi connectivity index (χ3n) is 4.57. The van der Waals surface area contributed by atoms with Crippen molar-refractivity contribution in [2.75, 3.05) is 27.2 Å². The summed E-state index contributed by atoms with van der Waals surface area (Å²) >= 11 is 1.69. The number of thiophene rings is 1. The zero-order chi connectivity index (χ0) is 21.3. The van der Waals surface area contributed by atoms with Gasteiger partial charge in [-0.05, 0) is 56.7 Å². The lowest BCUT2D eigenvalue weighted by molar-refractivity contribution is 0.0941. The molecule has 0 saturated carbocycles. The molecule has 3 rings (SSSR count). The molecule has 1 unspecified atom stereocenters. The fourth-order valence-electron chi connectivity index (χ4n) is 2.99. The zero-order valence-electron chi connectivity index (χ0n) is 17.5. The third kappa shape index (κ3) is 5.81. The number of amides is 1. The van der Waals surface area contributed by atoms with Gasteiger partial charge in [0, 0.05) is 34.9 Å². The van der Waals surface area contributed by atoms with E-state index >= 15 is 0 Å². The normalized spacial score (nSPS) is 11.9. The molecule has 30 heavy (non-hydrogen) atoms. The van der Waals surface area contributed by atoms with Crippen molar-refractivity contribution in [3.8, 4) is 11.5 Å². The van der Waals surface area contributed by atoms with Crippen LogP contribution in [0.1, 0.15) is 33.8 Å². The van der Waals surface area contributed by atoms with Crippen molar-refractivity contribution in [2.45, 2.75) is 19.6 Å². The Morgan fingerprint density at radius 3 is 2.70 bits per heavy atom. The predicted octanol–water partition coefficient (Wildman–Crippen LogP) is 4.15. The van der Waals surface area contributed by atoms with Crippen LogP contribution in [-0.4, -0.2) is 43.0 Å². The highest BCUT2D eigenvalue weighted by atomic mass is 32.1. The Morgan fingerprint density at radius 1 is 1.17 bits per heavy atom. The van der Waals surface area contributed by atoms with Crippen molar-refractivity contribution in [1.29, 1.82) is 0 Å². The molecule has 1 amide bonds. The van der Waals surface area contributed by atoms with E-state index in [-0.39, 0.29) is 11.9 Å². The zero-order valence-corrected chi connectivity index (χ0v) is 18.3. The number of hydrogen-bond donors (Lipinski definition) is 1. The fraction of sp³-hybridized carbons (Fsp3) is 0.304. The molecule has 1 N–H and O–H groups in total. The minimum absolute atomic E-state index is 0.127. The number of likely N-dealkylation sites (N-methyl/N-ethyl adjacent to an activating group) is 1. The van der Waals surface area contributed by atoms with Gasteiger partial charge in [0.25, 0.3) is 5.91 Å². The Hall–Kier alpha value is -2.90. The number of benzene rings is 1.